The van der Waals surface area contributed by atoms with E-state index in [4.69, 9.17) is 9.47 Å². The van der Waals surface area contributed by atoms with Crippen LogP contribution in [-0.4, -0.2) is 26.0 Å². The van der Waals surface area contributed by atoms with Gasteiger partial charge in [0.1, 0.15) is 22.1 Å². The van der Waals surface area contributed by atoms with Crippen molar-refractivity contribution in [2.45, 2.75) is 18.7 Å². The number of nitrogens with one attached hydrogen (secondary N) is 1. The van der Waals surface area contributed by atoms with Gasteiger partial charge in [-0.05, 0) is 55.3 Å². The van der Waals surface area contributed by atoms with Crippen LogP contribution in [-0.2, 0) is 9.59 Å². The molecule has 7 heteroatoms. The Morgan fingerprint density at radius 1 is 0.848 bits per heavy atom. The van der Waals surface area contributed by atoms with Crippen molar-refractivity contribution in [1.82, 2.24) is 0 Å². The summed E-state index contributed by atoms with van der Waals surface area (Å²) in [4.78, 5) is 29.6. The standard InChI is InChI=1S/C26H24N2O4S/c1-16-10-11-17(2)21(14-16)28-25(29)23(24(26(28)30)33-19-8-6-5-7-9-19)27-20-13-12-18(31-3)15-22(20)32-4/h5-15,27H,1-4H3. The highest BCUT2D eigenvalue weighted by molar-refractivity contribution is 8.04. The lowest BCUT2D eigenvalue weighted by molar-refractivity contribution is -0.120. The van der Waals surface area contributed by atoms with Crippen LogP contribution in [0.4, 0.5) is 11.4 Å². The minimum Gasteiger partial charge on any atom is -0.497 e. The summed E-state index contributed by atoms with van der Waals surface area (Å²) in [7, 11) is 3.11. The van der Waals surface area contributed by atoms with Crippen LogP contribution < -0.4 is 19.7 Å². The largest absolute Gasteiger partial charge is 0.497 e. The molecule has 6 nitrogen and oxygen atoms in total. The SMILES string of the molecule is COc1ccc(NC2=C(Sc3ccccc3)C(=O)N(c3cc(C)ccc3C)C2=O)c(OC)c1. The average Bonchev–Trinajstić information content (AvgIpc) is 3.05. The van der Waals surface area contributed by atoms with Crippen molar-refractivity contribution in [3.05, 3.63) is 88.5 Å². The number of ether oxygens (including phenoxy) is 2. The van der Waals surface area contributed by atoms with Crippen LogP contribution in [0.2, 0.25) is 0 Å². The van der Waals surface area contributed by atoms with Gasteiger partial charge in [-0.1, -0.05) is 42.1 Å². The summed E-state index contributed by atoms with van der Waals surface area (Å²) in [6.45, 7) is 3.82. The lowest BCUT2D eigenvalue weighted by Crippen LogP contribution is -2.33. The molecule has 3 aromatic rings. The summed E-state index contributed by atoms with van der Waals surface area (Å²) < 4.78 is 10.7. The maximum Gasteiger partial charge on any atom is 0.283 e. The zero-order valence-electron chi connectivity index (χ0n) is 18.8. The second-order valence-corrected chi connectivity index (χ2v) is 8.63. The zero-order chi connectivity index (χ0) is 23.5. The Balaban J connectivity index is 1.79. The third-order valence-electron chi connectivity index (χ3n) is 5.28. The smallest absolute Gasteiger partial charge is 0.283 e. The van der Waals surface area contributed by atoms with Crippen molar-refractivity contribution < 1.29 is 19.1 Å². The van der Waals surface area contributed by atoms with E-state index in [1.807, 2.05) is 62.4 Å². The Hall–Kier alpha value is -3.71. The van der Waals surface area contributed by atoms with Gasteiger partial charge < -0.3 is 14.8 Å². The molecule has 0 saturated heterocycles. The molecular formula is C26H24N2O4S. The number of amides is 2. The molecule has 0 aliphatic carbocycles. The Morgan fingerprint density at radius 2 is 1.61 bits per heavy atom. The molecule has 33 heavy (non-hydrogen) atoms. The molecule has 0 bridgehead atoms. The molecule has 1 N–H and O–H groups in total. The lowest BCUT2D eigenvalue weighted by atomic mass is 10.1. The van der Waals surface area contributed by atoms with Crippen molar-refractivity contribution >= 4 is 35.0 Å². The molecule has 0 aromatic heterocycles. The summed E-state index contributed by atoms with van der Waals surface area (Å²) in [5.41, 5.74) is 3.15. The molecule has 0 atom stereocenters. The Kier molecular flexibility index (Phi) is 6.42. The van der Waals surface area contributed by atoms with Crippen LogP contribution in [0.5, 0.6) is 11.5 Å². The second kappa shape index (κ2) is 9.42. The number of hydrogen-bond acceptors (Lipinski definition) is 6. The summed E-state index contributed by atoms with van der Waals surface area (Å²) in [5.74, 6) is 0.343. The first-order valence-corrected chi connectivity index (χ1v) is 11.2. The third kappa shape index (κ3) is 4.45. The van der Waals surface area contributed by atoms with Gasteiger partial charge in [0, 0.05) is 11.0 Å². The molecule has 2 amide bonds. The summed E-state index contributed by atoms with van der Waals surface area (Å²) in [6.07, 6.45) is 0. The number of methoxy groups -OCH3 is 2. The number of benzene rings is 3. The molecule has 168 valence electrons. The Morgan fingerprint density at radius 3 is 2.30 bits per heavy atom. The molecule has 1 aliphatic rings. The predicted octanol–water partition coefficient (Wildman–Crippen LogP) is 5.31. The first-order valence-electron chi connectivity index (χ1n) is 10.3. The van der Waals surface area contributed by atoms with E-state index in [1.54, 1.807) is 25.3 Å². The van der Waals surface area contributed by atoms with Crippen molar-refractivity contribution in [3.8, 4) is 11.5 Å². The van der Waals surface area contributed by atoms with E-state index < -0.39 is 5.91 Å². The number of carbonyl (C=O) groups excluding carboxylic acids is 2. The maximum absolute atomic E-state index is 13.6. The number of carbonyl (C=O) groups is 2. The van der Waals surface area contributed by atoms with Crippen molar-refractivity contribution in [1.29, 1.82) is 0 Å². The molecular weight excluding hydrogens is 436 g/mol. The highest BCUT2D eigenvalue weighted by Crippen LogP contribution is 2.40. The molecule has 0 spiro atoms. The van der Waals surface area contributed by atoms with Gasteiger partial charge in [0.05, 0.1) is 25.6 Å². The van der Waals surface area contributed by atoms with Gasteiger partial charge in [-0.15, -0.1) is 0 Å². The van der Waals surface area contributed by atoms with Gasteiger partial charge in [0.15, 0.2) is 0 Å². The van der Waals surface area contributed by atoms with Gasteiger partial charge in [-0.3, -0.25) is 9.59 Å². The molecule has 0 radical (unpaired) electrons. The summed E-state index contributed by atoms with van der Waals surface area (Å²) in [5, 5.41) is 3.16. The molecule has 1 aliphatic heterocycles. The predicted molar refractivity (Wildman–Crippen MR) is 131 cm³/mol. The van der Waals surface area contributed by atoms with Crippen LogP contribution in [0.15, 0.2) is 82.2 Å². The number of thioether (sulfide) groups is 1. The van der Waals surface area contributed by atoms with E-state index in [9.17, 15) is 9.59 Å². The molecule has 0 saturated carbocycles. The van der Waals surface area contributed by atoms with E-state index in [2.05, 4.69) is 5.32 Å². The quantitative estimate of drug-likeness (QED) is 0.482. The van der Waals surface area contributed by atoms with E-state index in [-0.39, 0.29) is 11.6 Å². The van der Waals surface area contributed by atoms with Crippen LogP contribution in [0.25, 0.3) is 0 Å². The van der Waals surface area contributed by atoms with Crippen LogP contribution in [0, 0.1) is 13.8 Å². The van der Waals surface area contributed by atoms with Crippen LogP contribution in [0.3, 0.4) is 0 Å². The monoisotopic (exact) mass is 460 g/mol. The number of nitrogens with zero attached hydrogens (tertiary/aromatic N) is 1. The van der Waals surface area contributed by atoms with Gasteiger partial charge in [0.25, 0.3) is 11.8 Å². The fraction of sp³-hybridized carbons (Fsp3) is 0.154. The van der Waals surface area contributed by atoms with Crippen molar-refractivity contribution in [2.24, 2.45) is 0 Å². The summed E-state index contributed by atoms with van der Waals surface area (Å²) in [6, 6.07) is 20.5. The molecule has 0 fully saturated rings. The highest BCUT2D eigenvalue weighted by Gasteiger charge is 2.41. The number of imide groups is 1. The molecule has 4 rings (SSSR count). The molecule has 1 heterocycles. The topological polar surface area (TPSA) is 67.9 Å². The van der Waals surface area contributed by atoms with E-state index >= 15 is 0 Å². The third-order valence-corrected chi connectivity index (χ3v) is 6.37. The fourth-order valence-corrected chi connectivity index (χ4v) is 4.48. The molecule has 0 unspecified atom stereocenters. The normalized spacial score (nSPS) is 13.5. The van der Waals surface area contributed by atoms with Crippen molar-refractivity contribution in [2.75, 3.05) is 24.4 Å². The van der Waals surface area contributed by atoms with Gasteiger partial charge in [0.2, 0.25) is 0 Å². The van der Waals surface area contributed by atoms with Crippen LogP contribution >= 0.6 is 11.8 Å². The first kappa shape index (κ1) is 22.5. The minimum atomic E-state index is -0.412. The van der Waals surface area contributed by atoms with Gasteiger partial charge in [-0.25, -0.2) is 4.90 Å². The molecule has 3 aromatic carbocycles. The number of anilines is 2. The first-order chi connectivity index (χ1) is 15.9. The van der Waals surface area contributed by atoms with E-state index in [0.717, 1.165) is 16.0 Å². The number of hydrogen-bond donors (Lipinski definition) is 1. The number of rotatable bonds is 7. The number of aryl methyl sites for hydroxylation is 2. The Bertz CT molecular complexity index is 1250. The lowest BCUT2D eigenvalue weighted by Gasteiger charge is -2.18. The average molecular weight is 461 g/mol. The fourth-order valence-electron chi connectivity index (χ4n) is 3.54. The van der Waals surface area contributed by atoms with Gasteiger partial charge in [-0.2, -0.15) is 0 Å². The van der Waals surface area contributed by atoms with E-state index in [1.165, 1.54) is 23.8 Å². The van der Waals surface area contributed by atoms with Gasteiger partial charge >= 0.3 is 0 Å². The maximum atomic E-state index is 13.6. The summed E-state index contributed by atoms with van der Waals surface area (Å²) >= 11 is 1.26. The van der Waals surface area contributed by atoms with E-state index in [0.29, 0.717) is 27.8 Å². The van der Waals surface area contributed by atoms with Crippen molar-refractivity contribution in [3.63, 3.8) is 0 Å². The Labute approximate surface area is 197 Å². The zero-order valence-corrected chi connectivity index (χ0v) is 19.7. The van der Waals surface area contributed by atoms with Crippen LogP contribution in [0.1, 0.15) is 11.1 Å². The minimum absolute atomic E-state index is 0.207. The highest BCUT2D eigenvalue weighted by atomic mass is 32.2. The second-order valence-electron chi connectivity index (χ2n) is 7.55.